The van der Waals surface area contributed by atoms with Gasteiger partial charge in [-0.1, -0.05) is 6.07 Å². The van der Waals surface area contributed by atoms with Gasteiger partial charge in [-0.15, -0.1) is 0 Å². The molecule has 0 amide bonds. The minimum absolute atomic E-state index is 0.389. The summed E-state index contributed by atoms with van der Waals surface area (Å²) in [5.74, 6) is 0. The van der Waals surface area contributed by atoms with Gasteiger partial charge in [-0.25, -0.2) is 0 Å². The van der Waals surface area contributed by atoms with Gasteiger partial charge in [-0.2, -0.15) is 0 Å². The number of aromatic nitrogens is 1. The normalized spacial score (nSPS) is 29.2. The molecular formula is C13H19N3O. The highest BCUT2D eigenvalue weighted by molar-refractivity contribution is 5.07. The molecule has 3 heterocycles. The van der Waals surface area contributed by atoms with Gasteiger partial charge in [0.15, 0.2) is 0 Å². The van der Waals surface area contributed by atoms with E-state index in [-0.39, 0.29) is 0 Å². The monoisotopic (exact) mass is 233 g/mol. The fourth-order valence-corrected chi connectivity index (χ4v) is 2.73. The molecule has 0 aliphatic carbocycles. The zero-order valence-corrected chi connectivity index (χ0v) is 10.0. The van der Waals surface area contributed by atoms with E-state index in [0.717, 1.165) is 38.2 Å². The van der Waals surface area contributed by atoms with Gasteiger partial charge in [0.25, 0.3) is 0 Å². The largest absolute Gasteiger partial charge is 0.372 e. The summed E-state index contributed by atoms with van der Waals surface area (Å²) in [4.78, 5) is 6.65. The second kappa shape index (κ2) is 5.12. The van der Waals surface area contributed by atoms with Crippen molar-refractivity contribution in [2.24, 2.45) is 0 Å². The topological polar surface area (TPSA) is 37.4 Å². The van der Waals surface area contributed by atoms with Gasteiger partial charge in [-0.05, 0) is 18.1 Å². The standard InChI is InChI=1S/C13H19N3O/c1-2-11(7-14-3-1)10-17-13-6-12-8-15-4-5-16(12)9-13/h1-3,7,12-13,15H,4-6,8-10H2/t12-,13-/m0/s1. The number of fused-ring (bicyclic) bond motifs is 1. The number of pyridine rings is 1. The Bertz CT molecular complexity index is 343. The molecule has 2 aliphatic heterocycles. The molecule has 0 aromatic carbocycles. The van der Waals surface area contributed by atoms with Crippen molar-refractivity contribution in [2.45, 2.75) is 25.2 Å². The average Bonchev–Trinajstić information content (AvgIpc) is 2.80. The minimum atomic E-state index is 0.389. The molecule has 0 bridgehead atoms. The summed E-state index contributed by atoms with van der Waals surface area (Å²) in [6.45, 7) is 5.18. The summed E-state index contributed by atoms with van der Waals surface area (Å²) in [6, 6.07) is 4.71. The van der Waals surface area contributed by atoms with E-state index in [9.17, 15) is 0 Å². The van der Waals surface area contributed by atoms with Crippen LogP contribution < -0.4 is 5.32 Å². The van der Waals surface area contributed by atoms with Crippen LogP contribution in [0.4, 0.5) is 0 Å². The van der Waals surface area contributed by atoms with Crippen molar-refractivity contribution in [3.05, 3.63) is 30.1 Å². The van der Waals surface area contributed by atoms with Crippen LogP contribution in [0, 0.1) is 0 Å². The molecule has 4 nitrogen and oxygen atoms in total. The van der Waals surface area contributed by atoms with Gasteiger partial charge in [0.2, 0.25) is 0 Å². The zero-order chi connectivity index (χ0) is 11.5. The summed E-state index contributed by atoms with van der Waals surface area (Å²) in [7, 11) is 0. The van der Waals surface area contributed by atoms with Gasteiger partial charge in [-0.3, -0.25) is 9.88 Å². The SMILES string of the molecule is c1cncc(CO[C@H]2C[C@H]3CNCCN3C2)c1. The lowest BCUT2D eigenvalue weighted by Gasteiger charge is -2.29. The Balaban J connectivity index is 1.50. The molecule has 92 valence electrons. The number of piperazine rings is 1. The molecule has 2 fully saturated rings. The second-order valence-electron chi connectivity index (χ2n) is 4.88. The number of hydrogen-bond donors (Lipinski definition) is 1. The van der Waals surface area contributed by atoms with Crippen LogP contribution in [0.3, 0.4) is 0 Å². The maximum Gasteiger partial charge on any atom is 0.0736 e. The number of nitrogens with one attached hydrogen (secondary N) is 1. The van der Waals surface area contributed by atoms with Crippen molar-refractivity contribution in [2.75, 3.05) is 26.2 Å². The lowest BCUT2D eigenvalue weighted by molar-refractivity contribution is 0.0467. The highest BCUT2D eigenvalue weighted by Gasteiger charge is 2.33. The Morgan fingerprint density at radius 2 is 2.53 bits per heavy atom. The molecular weight excluding hydrogens is 214 g/mol. The Morgan fingerprint density at radius 3 is 3.35 bits per heavy atom. The number of nitrogens with zero attached hydrogens (tertiary/aromatic N) is 2. The van der Waals surface area contributed by atoms with E-state index in [4.69, 9.17) is 4.74 Å². The first-order valence-electron chi connectivity index (χ1n) is 6.37. The van der Waals surface area contributed by atoms with E-state index in [1.54, 1.807) is 6.20 Å². The van der Waals surface area contributed by atoms with Gasteiger partial charge >= 0.3 is 0 Å². The summed E-state index contributed by atoms with van der Waals surface area (Å²) in [5.41, 5.74) is 1.16. The van der Waals surface area contributed by atoms with Crippen LogP contribution in [0.2, 0.25) is 0 Å². The predicted molar refractivity (Wildman–Crippen MR) is 65.7 cm³/mol. The van der Waals surface area contributed by atoms with Crippen LogP contribution in [-0.2, 0) is 11.3 Å². The number of hydrogen-bond acceptors (Lipinski definition) is 4. The highest BCUT2D eigenvalue weighted by atomic mass is 16.5. The van der Waals surface area contributed by atoms with Crippen molar-refractivity contribution >= 4 is 0 Å². The fraction of sp³-hybridized carbons (Fsp3) is 0.615. The smallest absolute Gasteiger partial charge is 0.0736 e. The molecule has 1 N–H and O–H groups in total. The first kappa shape index (κ1) is 11.1. The fourth-order valence-electron chi connectivity index (χ4n) is 2.73. The molecule has 0 saturated carbocycles. The van der Waals surface area contributed by atoms with Crippen molar-refractivity contribution in [1.29, 1.82) is 0 Å². The van der Waals surface area contributed by atoms with E-state index < -0.39 is 0 Å². The molecule has 0 spiro atoms. The van der Waals surface area contributed by atoms with Crippen LogP contribution in [-0.4, -0.2) is 48.2 Å². The minimum Gasteiger partial charge on any atom is -0.372 e. The second-order valence-corrected chi connectivity index (χ2v) is 4.88. The first-order valence-corrected chi connectivity index (χ1v) is 6.37. The molecule has 0 unspecified atom stereocenters. The maximum absolute atomic E-state index is 5.97. The summed E-state index contributed by atoms with van der Waals surface area (Å²) in [5, 5.41) is 3.44. The average molecular weight is 233 g/mol. The lowest BCUT2D eigenvalue weighted by atomic mass is 10.2. The Morgan fingerprint density at radius 1 is 1.53 bits per heavy atom. The molecule has 17 heavy (non-hydrogen) atoms. The Labute approximate surface area is 102 Å². The molecule has 3 rings (SSSR count). The quantitative estimate of drug-likeness (QED) is 0.831. The Kier molecular flexibility index (Phi) is 3.36. The van der Waals surface area contributed by atoms with Crippen molar-refractivity contribution in [3.8, 4) is 0 Å². The van der Waals surface area contributed by atoms with Gasteiger partial charge in [0.05, 0.1) is 12.7 Å². The molecule has 1 aromatic heterocycles. The molecule has 1 aromatic rings. The third-order valence-electron chi connectivity index (χ3n) is 3.65. The summed E-state index contributed by atoms with van der Waals surface area (Å²) < 4.78 is 5.97. The highest BCUT2D eigenvalue weighted by Crippen LogP contribution is 2.22. The molecule has 4 heteroatoms. The number of rotatable bonds is 3. The van der Waals surface area contributed by atoms with Crippen LogP contribution in [0.1, 0.15) is 12.0 Å². The van der Waals surface area contributed by atoms with Gasteiger partial charge in [0, 0.05) is 44.6 Å². The zero-order valence-electron chi connectivity index (χ0n) is 10.0. The molecule has 2 saturated heterocycles. The van der Waals surface area contributed by atoms with E-state index in [1.165, 1.54) is 0 Å². The summed E-state index contributed by atoms with van der Waals surface area (Å²) >= 11 is 0. The Hall–Kier alpha value is -0.970. The first-order chi connectivity index (χ1) is 8.42. The van der Waals surface area contributed by atoms with Gasteiger partial charge in [0.1, 0.15) is 0 Å². The van der Waals surface area contributed by atoms with Gasteiger partial charge < -0.3 is 10.1 Å². The van der Waals surface area contributed by atoms with Crippen molar-refractivity contribution in [3.63, 3.8) is 0 Å². The molecule has 2 atom stereocenters. The third kappa shape index (κ3) is 2.65. The van der Waals surface area contributed by atoms with E-state index >= 15 is 0 Å². The van der Waals surface area contributed by atoms with Crippen molar-refractivity contribution < 1.29 is 4.74 Å². The van der Waals surface area contributed by atoms with Crippen LogP contribution in [0.15, 0.2) is 24.5 Å². The molecule has 0 radical (unpaired) electrons. The van der Waals surface area contributed by atoms with Crippen LogP contribution >= 0.6 is 0 Å². The van der Waals surface area contributed by atoms with Crippen molar-refractivity contribution in [1.82, 2.24) is 15.2 Å². The van der Waals surface area contributed by atoms with Crippen LogP contribution in [0.5, 0.6) is 0 Å². The summed E-state index contributed by atoms with van der Waals surface area (Å²) in [6.07, 6.45) is 5.22. The molecule has 2 aliphatic rings. The third-order valence-corrected chi connectivity index (χ3v) is 3.65. The van der Waals surface area contributed by atoms with E-state index in [2.05, 4.69) is 21.3 Å². The number of ether oxygens (including phenoxy) is 1. The van der Waals surface area contributed by atoms with Crippen LogP contribution in [0.25, 0.3) is 0 Å². The lowest BCUT2D eigenvalue weighted by Crippen LogP contribution is -2.47. The predicted octanol–water partition coefficient (Wildman–Crippen LogP) is 0.644. The van der Waals surface area contributed by atoms with E-state index in [1.807, 2.05) is 12.3 Å². The maximum atomic E-state index is 5.97. The van der Waals surface area contributed by atoms with E-state index in [0.29, 0.717) is 18.8 Å².